The molecule has 1 N–H and O–H groups in total. The Balaban J connectivity index is 1.45. The average molecular weight is 480 g/mol. The molecule has 8 nitrogen and oxygen atoms in total. The highest BCUT2D eigenvalue weighted by molar-refractivity contribution is 7.93. The van der Waals surface area contributed by atoms with Crippen LogP contribution >= 0.6 is 22.9 Å². The second kappa shape index (κ2) is 8.74. The van der Waals surface area contributed by atoms with Gasteiger partial charge in [-0.1, -0.05) is 11.6 Å². The molecule has 0 spiro atoms. The van der Waals surface area contributed by atoms with Crippen LogP contribution in [0.3, 0.4) is 0 Å². The van der Waals surface area contributed by atoms with Gasteiger partial charge in [-0.15, -0.1) is 11.3 Å². The van der Waals surface area contributed by atoms with Crippen LogP contribution in [0.25, 0.3) is 0 Å². The summed E-state index contributed by atoms with van der Waals surface area (Å²) in [7, 11) is -2.22. The highest BCUT2D eigenvalue weighted by Crippen LogP contribution is 2.32. The largest absolute Gasteiger partial charge is 0.497 e. The number of nitrogens with one attached hydrogen (secondary N) is 1. The van der Waals surface area contributed by atoms with Crippen LogP contribution in [0, 0.1) is 0 Å². The summed E-state index contributed by atoms with van der Waals surface area (Å²) < 4.78 is 38.3. The molecule has 1 saturated heterocycles. The third-order valence-electron chi connectivity index (χ3n) is 4.68. The van der Waals surface area contributed by atoms with E-state index in [-0.39, 0.29) is 15.9 Å². The van der Waals surface area contributed by atoms with Gasteiger partial charge in [0, 0.05) is 36.3 Å². The van der Waals surface area contributed by atoms with Gasteiger partial charge in [0.05, 0.1) is 17.0 Å². The molecule has 2 aromatic carbocycles. The van der Waals surface area contributed by atoms with Crippen molar-refractivity contribution in [2.45, 2.75) is 17.4 Å². The third kappa shape index (κ3) is 4.60. The molecule has 4 rings (SSSR count). The first kappa shape index (κ1) is 21.4. The molecule has 162 valence electrons. The number of carbonyl (C=O) groups excluding carboxylic acids is 1. The number of amides is 1. The van der Waals surface area contributed by atoms with E-state index in [1.54, 1.807) is 40.6 Å². The van der Waals surface area contributed by atoms with E-state index in [1.165, 1.54) is 36.8 Å². The number of thiazole rings is 1. The van der Waals surface area contributed by atoms with E-state index >= 15 is 0 Å². The molecular weight excluding hydrogens is 462 g/mol. The number of hydrogen-bond acceptors (Lipinski definition) is 7. The van der Waals surface area contributed by atoms with Crippen molar-refractivity contribution in [2.24, 2.45) is 0 Å². The van der Waals surface area contributed by atoms with E-state index in [0.717, 1.165) is 0 Å². The summed E-state index contributed by atoms with van der Waals surface area (Å²) in [6.45, 7) is 0.445. The molecule has 0 aliphatic carbocycles. The average Bonchev–Trinajstić information content (AvgIpc) is 3.39. The Bertz CT molecular complexity index is 1180. The molecule has 1 aromatic heterocycles. The maximum absolute atomic E-state index is 12.8. The SMILES string of the molecule is COc1ccc(O[C@H]2CCN(c3ccc(S(=O)(=O)Nc4nccs4)cc3)C2=O)c(Cl)c1. The molecule has 1 aliphatic rings. The van der Waals surface area contributed by atoms with Gasteiger partial charge in [0.1, 0.15) is 11.5 Å². The Morgan fingerprint density at radius 3 is 2.65 bits per heavy atom. The van der Waals surface area contributed by atoms with E-state index in [4.69, 9.17) is 21.1 Å². The smallest absolute Gasteiger partial charge is 0.268 e. The predicted octanol–water partition coefficient (Wildman–Crippen LogP) is 3.79. The summed E-state index contributed by atoms with van der Waals surface area (Å²) in [6.07, 6.45) is 1.32. The van der Waals surface area contributed by atoms with Crippen LogP contribution in [0.15, 0.2) is 58.9 Å². The minimum absolute atomic E-state index is 0.0795. The van der Waals surface area contributed by atoms with Crippen LogP contribution in [0.5, 0.6) is 11.5 Å². The van der Waals surface area contributed by atoms with Crippen LogP contribution < -0.4 is 19.1 Å². The Kier molecular flexibility index (Phi) is 6.03. The maximum atomic E-state index is 12.8. The van der Waals surface area contributed by atoms with Crippen LogP contribution in [0.1, 0.15) is 6.42 Å². The van der Waals surface area contributed by atoms with Crippen LogP contribution in [-0.4, -0.2) is 39.1 Å². The van der Waals surface area contributed by atoms with Gasteiger partial charge in [0.15, 0.2) is 11.2 Å². The van der Waals surface area contributed by atoms with Crippen molar-refractivity contribution in [1.29, 1.82) is 0 Å². The monoisotopic (exact) mass is 479 g/mol. The minimum atomic E-state index is -3.75. The number of methoxy groups -OCH3 is 1. The fourth-order valence-electron chi connectivity index (χ4n) is 3.13. The van der Waals surface area contributed by atoms with Gasteiger partial charge in [-0.05, 0) is 36.4 Å². The Morgan fingerprint density at radius 1 is 1.23 bits per heavy atom. The number of anilines is 2. The lowest BCUT2D eigenvalue weighted by molar-refractivity contribution is -0.122. The number of hydrogen-bond donors (Lipinski definition) is 1. The summed E-state index contributed by atoms with van der Waals surface area (Å²) >= 11 is 7.39. The summed E-state index contributed by atoms with van der Waals surface area (Å²) in [5.41, 5.74) is 0.588. The van der Waals surface area contributed by atoms with E-state index in [9.17, 15) is 13.2 Å². The number of halogens is 1. The first-order chi connectivity index (χ1) is 14.9. The lowest BCUT2D eigenvalue weighted by atomic mass is 10.3. The van der Waals surface area contributed by atoms with Crippen molar-refractivity contribution in [2.75, 3.05) is 23.3 Å². The van der Waals surface area contributed by atoms with Gasteiger partial charge < -0.3 is 14.4 Å². The van der Waals surface area contributed by atoms with Crippen molar-refractivity contribution in [3.63, 3.8) is 0 Å². The molecular formula is C20H18ClN3O5S2. The lowest BCUT2D eigenvalue weighted by Gasteiger charge is -2.18. The first-order valence-corrected chi connectivity index (χ1v) is 12.0. The van der Waals surface area contributed by atoms with Gasteiger partial charge in [0.2, 0.25) is 0 Å². The van der Waals surface area contributed by atoms with Crippen molar-refractivity contribution in [3.05, 3.63) is 59.1 Å². The van der Waals surface area contributed by atoms with Crippen molar-refractivity contribution < 1.29 is 22.7 Å². The maximum Gasteiger partial charge on any atom is 0.268 e. The molecule has 11 heteroatoms. The van der Waals surface area contributed by atoms with Gasteiger partial charge in [-0.2, -0.15) is 0 Å². The molecule has 1 atom stereocenters. The van der Waals surface area contributed by atoms with E-state index in [0.29, 0.717) is 35.2 Å². The lowest BCUT2D eigenvalue weighted by Crippen LogP contribution is -2.32. The number of benzene rings is 2. The molecule has 3 aromatic rings. The van der Waals surface area contributed by atoms with Gasteiger partial charge >= 0.3 is 0 Å². The van der Waals surface area contributed by atoms with Crippen molar-refractivity contribution in [1.82, 2.24) is 4.98 Å². The standard InChI is InChI=1S/C20H18ClN3O5S2/c1-28-14-4-7-17(16(21)12-14)29-18-8-10-24(19(18)25)13-2-5-15(6-3-13)31(26,27)23-20-22-9-11-30-20/h2-7,9,11-12,18H,8,10H2,1H3,(H,22,23)/t18-/m0/s1. The molecule has 0 saturated carbocycles. The highest BCUT2D eigenvalue weighted by atomic mass is 35.5. The number of carbonyl (C=O) groups is 1. The zero-order chi connectivity index (χ0) is 22.0. The molecule has 0 bridgehead atoms. The van der Waals surface area contributed by atoms with Gasteiger partial charge in [0.25, 0.3) is 15.9 Å². The third-order valence-corrected chi connectivity index (χ3v) is 7.15. The number of rotatable bonds is 7. The summed E-state index contributed by atoms with van der Waals surface area (Å²) in [5, 5.41) is 2.32. The number of nitrogens with zero attached hydrogens (tertiary/aromatic N) is 2. The Hall–Kier alpha value is -2.82. The molecule has 0 unspecified atom stereocenters. The molecule has 1 aliphatic heterocycles. The zero-order valence-electron chi connectivity index (χ0n) is 16.3. The summed E-state index contributed by atoms with van der Waals surface area (Å²) in [6, 6.07) is 11.1. The molecule has 31 heavy (non-hydrogen) atoms. The van der Waals surface area contributed by atoms with E-state index in [2.05, 4.69) is 9.71 Å². The van der Waals surface area contributed by atoms with Crippen molar-refractivity contribution >= 4 is 49.7 Å². The Morgan fingerprint density at radius 2 is 2.00 bits per heavy atom. The number of ether oxygens (including phenoxy) is 2. The number of sulfonamides is 1. The predicted molar refractivity (Wildman–Crippen MR) is 119 cm³/mol. The quantitative estimate of drug-likeness (QED) is 0.553. The fraction of sp³-hybridized carbons (Fsp3) is 0.200. The molecule has 1 amide bonds. The normalized spacial score (nSPS) is 16.4. The highest BCUT2D eigenvalue weighted by Gasteiger charge is 2.35. The van der Waals surface area contributed by atoms with E-state index in [1.807, 2.05) is 0 Å². The second-order valence-corrected chi connectivity index (χ2v) is 9.60. The van der Waals surface area contributed by atoms with E-state index < -0.39 is 16.1 Å². The molecule has 1 fully saturated rings. The summed E-state index contributed by atoms with van der Waals surface area (Å²) in [4.78, 5) is 18.4. The fourth-order valence-corrected chi connectivity index (χ4v) is 5.13. The number of aromatic nitrogens is 1. The van der Waals surface area contributed by atoms with Crippen LogP contribution in [0.4, 0.5) is 10.8 Å². The van der Waals surface area contributed by atoms with Crippen LogP contribution in [-0.2, 0) is 14.8 Å². The zero-order valence-corrected chi connectivity index (χ0v) is 18.7. The minimum Gasteiger partial charge on any atom is -0.497 e. The molecule has 0 radical (unpaired) electrons. The van der Waals surface area contributed by atoms with Gasteiger partial charge in [-0.25, -0.2) is 13.4 Å². The Labute approximate surface area is 188 Å². The summed E-state index contributed by atoms with van der Waals surface area (Å²) in [5.74, 6) is 0.775. The topological polar surface area (TPSA) is 97.8 Å². The molecule has 2 heterocycles. The second-order valence-electron chi connectivity index (χ2n) is 6.62. The van der Waals surface area contributed by atoms with Crippen molar-refractivity contribution in [3.8, 4) is 11.5 Å². The van der Waals surface area contributed by atoms with Crippen LogP contribution in [0.2, 0.25) is 5.02 Å². The van der Waals surface area contributed by atoms with Gasteiger partial charge in [-0.3, -0.25) is 9.52 Å². The first-order valence-electron chi connectivity index (χ1n) is 9.21.